The molecule has 0 fully saturated rings. The SMILES string of the molecule is CCOC(=O)CCOCCOCC(=O)OC(C)(C)C. The van der Waals surface area contributed by atoms with Gasteiger partial charge in [-0.15, -0.1) is 0 Å². The molecule has 0 bridgehead atoms. The van der Waals surface area contributed by atoms with Crippen molar-refractivity contribution in [2.24, 2.45) is 0 Å². The smallest absolute Gasteiger partial charge is 0.332 e. The minimum absolute atomic E-state index is 0.0987. The minimum Gasteiger partial charge on any atom is -0.466 e. The normalized spacial score (nSPS) is 11.2. The quantitative estimate of drug-likeness (QED) is 0.467. The summed E-state index contributed by atoms with van der Waals surface area (Å²) in [4.78, 5) is 22.2. The topological polar surface area (TPSA) is 71.1 Å². The van der Waals surface area contributed by atoms with E-state index in [-0.39, 0.29) is 32.2 Å². The van der Waals surface area contributed by atoms with E-state index in [9.17, 15) is 9.59 Å². The molecule has 0 heterocycles. The van der Waals surface area contributed by atoms with Gasteiger partial charge in [-0.2, -0.15) is 0 Å². The summed E-state index contributed by atoms with van der Waals surface area (Å²) >= 11 is 0. The molecule has 112 valence electrons. The van der Waals surface area contributed by atoms with Crippen molar-refractivity contribution in [1.82, 2.24) is 0 Å². The zero-order valence-electron chi connectivity index (χ0n) is 12.2. The average Bonchev–Trinajstić information content (AvgIpc) is 2.25. The first kappa shape index (κ1) is 17.9. The third kappa shape index (κ3) is 13.1. The summed E-state index contributed by atoms with van der Waals surface area (Å²) in [6.45, 7) is 8.30. The van der Waals surface area contributed by atoms with E-state index in [0.717, 1.165) is 0 Å². The van der Waals surface area contributed by atoms with Crippen LogP contribution >= 0.6 is 0 Å². The predicted octanol–water partition coefficient (Wildman–Crippen LogP) is 1.31. The third-order valence-corrected chi connectivity index (χ3v) is 1.77. The minimum atomic E-state index is -0.503. The summed E-state index contributed by atoms with van der Waals surface area (Å²) in [5.41, 5.74) is -0.503. The monoisotopic (exact) mass is 276 g/mol. The fraction of sp³-hybridized carbons (Fsp3) is 0.846. The number of carbonyl (C=O) groups excluding carboxylic acids is 2. The van der Waals surface area contributed by atoms with Gasteiger partial charge in [0.2, 0.25) is 0 Å². The van der Waals surface area contributed by atoms with Gasteiger partial charge in [-0.05, 0) is 27.7 Å². The Morgan fingerprint density at radius 3 is 2.16 bits per heavy atom. The van der Waals surface area contributed by atoms with Crippen LogP contribution in [-0.2, 0) is 28.5 Å². The van der Waals surface area contributed by atoms with Crippen LogP contribution in [0.1, 0.15) is 34.1 Å². The summed E-state index contributed by atoms with van der Waals surface area (Å²) < 4.78 is 20.0. The molecular formula is C13H24O6. The van der Waals surface area contributed by atoms with Crippen molar-refractivity contribution in [2.75, 3.05) is 33.0 Å². The Morgan fingerprint density at radius 1 is 0.947 bits per heavy atom. The molecule has 0 aliphatic rings. The molecule has 0 amide bonds. The van der Waals surface area contributed by atoms with Crippen LogP contribution in [0.5, 0.6) is 0 Å². The highest BCUT2D eigenvalue weighted by Crippen LogP contribution is 2.06. The summed E-state index contributed by atoms with van der Waals surface area (Å²) in [6.07, 6.45) is 0.222. The zero-order chi connectivity index (χ0) is 14.7. The molecule has 19 heavy (non-hydrogen) atoms. The molecule has 0 atom stereocenters. The van der Waals surface area contributed by atoms with Crippen molar-refractivity contribution in [3.63, 3.8) is 0 Å². The first-order chi connectivity index (χ1) is 8.85. The average molecular weight is 276 g/mol. The maximum absolute atomic E-state index is 11.3. The van der Waals surface area contributed by atoms with Crippen molar-refractivity contribution in [1.29, 1.82) is 0 Å². The Balaban J connectivity index is 3.36. The lowest BCUT2D eigenvalue weighted by Gasteiger charge is -2.19. The van der Waals surface area contributed by atoms with E-state index in [1.807, 2.05) is 0 Å². The standard InChI is InChI=1S/C13H24O6/c1-5-18-11(14)6-7-16-8-9-17-10-12(15)19-13(2,3)4/h5-10H2,1-4H3. The maximum Gasteiger partial charge on any atom is 0.332 e. The Bertz CT molecular complexity index is 269. The molecule has 0 rings (SSSR count). The van der Waals surface area contributed by atoms with Crippen LogP contribution in [0.4, 0.5) is 0 Å². The molecule has 0 unspecified atom stereocenters. The second kappa shape index (κ2) is 9.75. The van der Waals surface area contributed by atoms with Crippen LogP contribution < -0.4 is 0 Å². The molecule has 0 saturated heterocycles. The second-order valence-corrected chi connectivity index (χ2v) is 4.81. The summed E-state index contributed by atoms with van der Waals surface area (Å²) in [5.74, 6) is -0.684. The molecule has 6 nitrogen and oxygen atoms in total. The highest BCUT2D eigenvalue weighted by Gasteiger charge is 2.15. The number of esters is 2. The molecule has 0 aromatic carbocycles. The number of ether oxygens (including phenoxy) is 4. The molecule has 0 aromatic heterocycles. The van der Waals surface area contributed by atoms with Crippen LogP contribution in [-0.4, -0.2) is 50.6 Å². The molecule has 0 spiro atoms. The number of hydrogen-bond donors (Lipinski definition) is 0. The van der Waals surface area contributed by atoms with Gasteiger partial charge < -0.3 is 18.9 Å². The van der Waals surface area contributed by atoms with Crippen LogP contribution in [0.3, 0.4) is 0 Å². The van der Waals surface area contributed by atoms with E-state index in [0.29, 0.717) is 13.2 Å². The second-order valence-electron chi connectivity index (χ2n) is 4.81. The molecule has 0 aliphatic carbocycles. The lowest BCUT2D eigenvalue weighted by molar-refractivity contribution is -0.160. The van der Waals surface area contributed by atoms with Crippen LogP contribution in [0.25, 0.3) is 0 Å². The van der Waals surface area contributed by atoms with Gasteiger partial charge >= 0.3 is 11.9 Å². The Labute approximate surface area is 114 Å². The zero-order valence-corrected chi connectivity index (χ0v) is 12.2. The van der Waals surface area contributed by atoms with Crippen LogP contribution in [0.15, 0.2) is 0 Å². The van der Waals surface area contributed by atoms with E-state index >= 15 is 0 Å². The van der Waals surface area contributed by atoms with Gasteiger partial charge in [0.05, 0.1) is 32.8 Å². The van der Waals surface area contributed by atoms with Crippen LogP contribution in [0.2, 0.25) is 0 Å². The Morgan fingerprint density at radius 2 is 1.58 bits per heavy atom. The molecule has 0 aliphatic heterocycles. The summed E-state index contributed by atoms with van der Waals surface area (Å²) in [5, 5.41) is 0. The maximum atomic E-state index is 11.3. The van der Waals surface area contributed by atoms with E-state index in [1.165, 1.54) is 0 Å². The van der Waals surface area contributed by atoms with Crippen molar-refractivity contribution >= 4 is 11.9 Å². The largest absolute Gasteiger partial charge is 0.466 e. The van der Waals surface area contributed by atoms with Gasteiger partial charge in [-0.25, -0.2) is 4.79 Å². The molecular weight excluding hydrogens is 252 g/mol. The molecule has 0 N–H and O–H groups in total. The van der Waals surface area contributed by atoms with Crippen molar-refractivity contribution in [2.45, 2.75) is 39.7 Å². The van der Waals surface area contributed by atoms with E-state index in [1.54, 1.807) is 27.7 Å². The van der Waals surface area contributed by atoms with Crippen molar-refractivity contribution < 1.29 is 28.5 Å². The number of carbonyl (C=O) groups is 2. The first-order valence-electron chi connectivity index (χ1n) is 6.38. The summed E-state index contributed by atoms with van der Waals surface area (Å²) in [7, 11) is 0. The Kier molecular flexibility index (Phi) is 9.16. The summed E-state index contributed by atoms with van der Waals surface area (Å²) in [6, 6.07) is 0. The fourth-order valence-corrected chi connectivity index (χ4v) is 1.14. The highest BCUT2D eigenvalue weighted by atomic mass is 16.6. The fourth-order valence-electron chi connectivity index (χ4n) is 1.14. The first-order valence-corrected chi connectivity index (χ1v) is 6.38. The van der Waals surface area contributed by atoms with Crippen molar-refractivity contribution in [3.8, 4) is 0 Å². The van der Waals surface area contributed by atoms with Gasteiger partial charge in [0.25, 0.3) is 0 Å². The highest BCUT2D eigenvalue weighted by molar-refractivity contribution is 5.71. The van der Waals surface area contributed by atoms with Gasteiger partial charge in [-0.1, -0.05) is 0 Å². The predicted molar refractivity (Wildman–Crippen MR) is 68.7 cm³/mol. The van der Waals surface area contributed by atoms with Gasteiger partial charge in [0, 0.05) is 0 Å². The van der Waals surface area contributed by atoms with E-state index in [2.05, 4.69) is 0 Å². The Hall–Kier alpha value is -1.14. The molecule has 0 aromatic rings. The molecule has 0 saturated carbocycles. The van der Waals surface area contributed by atoms with Gasteiger partial charge in [0.15, 0.2) is 0 Å². The van der Waals surface area contributed by atoms with Gasteiger partial charge in [0.1, 0.15) is 12.2 Å². The molecule has 0 radical (unpaired) electrons. The van der Waals surface area contributed by atoms with E-state index < -0.39 is 11.6 Å². The third-order valence-electron chi connectivity index (χ3n) is 1.77. The van der Waals surface area contributed by atoms with Gasteiger partial charge in [-0.3, -0.25) is 4.79 Å². The van der Waals surface area contributed by atoms with E-state index in [4.69, 9.17) is 18.9 Å². The number of rotatable bonds is 9. The lowest BCUT2D eigenvalue weighted by atomic mass is 10.2. The van der Waals surface area contributed by atoms with Crippen LogP contribution in [0, 0.1) is 0 Å². The molecule has 6 heteroatoms. The number of hydrogen-bond acceptors (Lipinski definition) is 6. The van der Waals surface area contributed by atoms with Crippen molar-refractivity contribution in [3.05, 3.63) is 0 Å². The lowest BCUT2D eigenvalue weighted by Crippen LogP contribution is -2.27.